The van der Waals surface area contributed by atoms with Crippen LogP contribution >= 0.6 is 34.2 Å². The molecule has 3 aromatic rings. The van der Waals surface area contributed by atoms with E-state index in [9.17, 15) is 19.2 Å². The average Bonchev–Trinajstić information content (AvgIpc) is 3.42. The van der Waals surface area contributed by atoms with Gasteiger partial charge in [-0.25, -0.2) is 0 Å². The van der Waals surface area contributed by atoms with Crippen molar-refractivity contribution >= 4 is 57.6 Å². The minimum absolute atomic E-state index is 0.0205. The highest BCUT2D eigenvalue weighted by atomic mass is 127. The highest BCUT2D eigenvalue weighted by Crippen LogP contribution is 2.57. The molecule has 2 heterocycles. The maximum absolute atomic E-state index is 13.8. The Labute approximate surface area is 219 Å². The van der Waals surface area contributed by atoms with E-state index in [-0.39, 0.29) is 17.7 Å². The summed E-state index contributed by atoms with van der Waals surface area (Å²) in [6.45, 7) is 0.0205. The second-order valence-corrected chi connectivity index (χ2v) is 10.6. The molecule has 0 saturated carbocycles. The molecule has 8 heteroatoms. The standard InChI is InChI=1S/C27H17ClINO5/c28-16-9-5-14(6-10-16)13-30-25(33)20-21(26(30)34)27(35-22(20)15-7-11-17(29)12-8-15)23(31)18-3-1-2-4-19(18)24(27)32/h1-12,20-22H,13H2/t20-,21-,22+/m1/s1. The molecular formula is C27H17ClINO5. The number of rotatable bonds is 3. The molecule has 0 unspecified atom stereocenters. The minimum Gasteiger partial charge on any atom is -0.349 e. The van der Waals surface area contributed by atoms with E-state index in [4.69, 9.17) is 16.3 Å². The lowest BCUT2D eigenvalue weighted by Gasteiger charge is -2.27. The number of imide groups is 1. The number of amides is 2. The number of carbonyl (C=O) groups is 4. The summed E-state index contributed by atoms with van der Waals surface area (Å²) >= 11 is 8.15. The van der Waals surface area contributed by atoms with Crippen molar-refractivity contribution in [3.8, 4) is 0 Å². The number of hydrogen-bond acceptors (Lipinski definition) is 5. The highest BCUT2D eigenvalue weighted by Gasteiger charge is 2.74. The van der Waals surface area contributed by atoms with Crippen LogP contribution in [0, 0.1) is 15.4 Å². The van der Waals surface area contributed by atoms with Crippen LogP contribution in [0.2, 0.25) is 5.02 Å². The van der Waals surface area contributed by atoms with Gasteiger partial charge in [-0.1, -0.05) is 60.1 Å². The maximum Gasteiger partial charge on any atom is 0.237 e. The van der Waals surface area contributed by atoms with Crippen LogP contribution in [0.4, 0.5) is 0 Å². The van der Waals surface area contributed by atoms with Gasteiger partial charge in [-0.3, -0.25) is 24.1 Å². The number of benzene rings is 3. The van der Waals surface area contributed by atoms with Crippen LogP contribution in [-0.4, -0.2) is 33.9 Å². The molecular weight excluding hydrogens is 581 g/mol. The third-order valence-corrected chi connectivity index (χ3v) is 8.03. The smallest absolute Gasteiger partial charge is 0.237 e. The summed E-state index contributed by atoms with van der Waals surface area (Å²) in [6, 6.07) is 20.6. The topological polar surface area (TPSA) is 80.8 Å². The molecule has 6 nitrogen and oxygen atoms in total. The van der Waals surface area contributed by atoms with E-state index in [1.54, 1.807) is 60.7 Å². The van der Waals surface area contributed by atoms with Crippen molar-refractivity contribution in [1.82, 2.24) is 4.90 Å². The van der Waals surface area contributed by atoms with Gasteiger partial charge in [-0.2, -0.15) is 0 Å². The van der Waals surface area contributed by atoms with E-state index in [2.05, 4.69) is 22.6 Å². The van der Waals surface area contributed by atoms with Gasteiger partial charge in [0, 0.05) is 19.7 Å². The molecule has 1 aliphatic carbocycles. The van der Waals surface area contributed by atoms with Gasteiger partial charge in [0.05, 0.1) is 24.5 Å². The van der Waals surface area contributed by atoms with Crippen molar-refractivity contribution in [2.75, 3.05) is 0 Å². The first kappa shape index (κ1) is 22.6. The Morgan fingerprint density at radius 1 is 0.829 bits per heavy atom. The third kappa shape index (κ3) is 3.18. The molecule has 0 radical (unpaired) electrons. The van der Waals surface area contributed by atoms with Crippen LogP contribution in [0.15, 0.2) is 72.8 Å². The van der Waals surface area contributed by atoms with Gasteiger partial charge in [0.1, 0.15) is 0 Å². The van der Waals surface area contributed by atoms with Crippen molar-refractivity contribution in [1.29, 1.82) is 0 Å². The average molecular weight is 598 g/mol. The summed E-state index contributed by atoms with van der Waals surface area (Å²) in [7, 11) is 0. The van der Waals surface area contributed by atoms with Gasteiger partial charge in [0.25, 0.3) is 0 Å². The summed E-state index contributed by atoms with van der Waals surface area (Å²) in [4.78, 5) is 56.1. The quantitative estimate of drug-likeness (QED) is 0.250. The molecule has 0 N–H and O–H groups in total. The zero-order chi connectivity index (χ0) is 24.5. The van der Waals surface area contributed by atoms with E-state index in [1.165, 1.54) is 0 Å². The van der Waals surface area contributed by atoms with E-state index in [0.29, 0.717) is 16.1 Å². The van der Waals surface area contributed by atoms with Crippen molar-refractivity contribution in [3.05, 3.63) is 104 Å². The number of halogens is 2. The number of ether oxygens (including phenoxy) is 1. The Hall–Kier alpha value is -2.88. The molecule has 2 amide bonds. The second kappa shape index (κ2) is 8.08. The first-order valence-electron chi connectivity index (χ1n) is 11.0. The maximum atomic E-state index is 13.8. The molecule has 3 aliphatic rings. The Morgan fingerprint density at radius 2 is 1.43 bits per heavy atom. The van der Waals surface area contributed by atoms with Gasteiger partial charge >= 0.3 is 0 Å². The van der Waals surface area contributed by atoms with E-state index >= 15 is 0 Å². The summed E-state index contributed by atoms with van der Waals surface area (Å²) in [6.07, 6.45) is -0.911. The number of Topliss-reactive ketones (excluding diaryl/α,β-unsaturated/α-hetero) is 2. The lowest BCUT2D eigenvalue weighted by Crippen LogP contribution is -2.50. The Morgan fingerprint density at radius 3 is 2.03 bits per heavy atom. The number of ketones is 2. The van der Waals surface area contributed by atoms with E-state index in [1.807, 2.05) is 12.1 Å². The normalized spacial score (nSPS) is 24.4. The summed E-state index contributed by atoms with van der Waals surface area (Å²) < 4.78 is 7.26. The largest absolute Gasteiger partial charge is 0.349 e. The van der Waals surface area contributed by atoms with Crippen LogP contribution in [0.5, 0.6) is 0 Å². The van der Waals surface area contributed by atoms with Crippen molar-refractivity contribution in [3.63, 3.8) is 0 Å². The first-order valence-corrected chi connectivity index (χ1v) is 12.5. The third-order valence-electron chi connectivity index (χ3n) is 7.06. The first-order chi connectivity index (χ1) is 16.8. The summed E-state index contributed by atoms with van der Waals surface area (Å²) in [5.74, 6) is -4.37. The SMILES string of the molecule is O=C1[C@H]2[C@H](c3ccc(I)cc3)OC3(C(=O)c4ccccc4C3=O)[C@H]2C(=O)N1Cc1ccc(Cl)cc1. The molecule has 2 aliphatic heterocycles. The van der Waals surface area contributed by atoms with Crippen LogP contribution in [0.1, 0.15) is 37.9 Å². The fraction of sp³-hybridized carbons (Fsp3) is 0.185. The number of likely N-dealkylation sites (tertiary alicyclic amines) is 1. The van der Waals surface area contributed by atoms with Gasteiger partial charge in [0.2, 0.25) is 29.0 Å². The molecule has 1 spiro atoms. The molecule has 3 aromatic carbocycles. The predicted molar refractivity (Wildman–Crippen MR) is 135 cm³/mol. The molecule has 6 rings (SSSR count). The molecule has 3 atom stereocenters. The molecule has 2 saturated heterocycles. The minimum atomic E-state index is -2.05. The number of nitrogens with zero attached hydrogens (tertiary/aromatic N) is 1. The number of carbonyl (C=O) groups excluding carboxylic acids is 4. The second-order valence-electron chi connectivity index (χ2n) is 8.92. The van der Waals surface area contributed by atoms with Gasteiger partial charge in [-0.15, -0.1) is 0 Å². The highest BCUT2D eigenvalue weighted by molar-refractivity contribution is 14.1. The van der Waals surface area contributed by atoms with Crippen LogP contribution in [-0.2, 0) is 20.9 Å². The van der Waals surface area contributed by atoms with Crippen LogP contribution in [0.25, 0.3) is 0 Å². The Kier molecular flexibility index (Phi) is 5.21. The van der Waals surface area contributed by atoms with E-state index < -0.39 is 46.9 Å². The Bertz CT molecular complexity index is 1380. The lowest BCUT2D eigenvalue weighted by molar-refractivity contribution is -0.145. The van der Waals surface area contributed by atoms with Gasteiger partial charge in [0.15, 0.2) is 0 Å². The van der Waals surface area contributed by atoms with Crippen molar-refractivity contribution in [2.45, 2.75) is 18.2 Å². The molecule has 0 aromatic heterocycles. The van der Waals surface area contributed by atoms with Crippen molar-refractivity contribution in [2.24, 2.45) is 11.8 Å². The lowest BCUT2D eigenvalue weighted by atomic mass is 9.77. The fourth-order valence-electron chi connectivity index (χ4n) is 5.46. The monoisotopic (exact) mass is 597 g/mol. The van der Waals surface area contributed by atoms with E-state index in [0.717, 1.165) is 8.47 Å². The predicted octanol–water partition coefficient (Wildman–Crippen LogP) is 4.64. The molecule has 2 fully saturated rings. The summed E-state index contributed by atoms with van der Waals surface area (Å²) in [5, 5.41) is 0.538. The number of hydrogen-bond donors (Lipinski definition) is 0. The van der Waals surface area contributed by atoms with Crippen LogP contribution in [0.3, 0.4) is 0 Å². The van der Waals surface area contributed by atoms with Crippen LogP contribution < -0.4 is 0 Å². The van der Waals surface area contributed by atoms with Gasteiger partial charge < -0.3 is 4.74 Å². The zero-order valence-electron chi connectivity index (χ0n) is 18.1. The zero-order valence-corrected chi connectivity index (χ0v) is 21.0. The molecule has 0 bridgehead atoms. The van der Waals surface area contributed by atoms with Crippen molar-refractivity contribution < 1.29 is 23.9 Å². The summed E-state index contributed by atoms with van der Waals surface area (Å²) in [5.41, 5.74) is -0.261. The number of fused-ring (bicyclic) bond motifs is 3. The fourth-order valence-corrected chi connectivity index (χ4v) is 5.94. The van der Waals surface area contributed by atoms with Gasteiger partial charge in [-0.05, 0) is 58.0 Å². The molecule has 174 valence electrons. The molecule has 35 heavy (non-hydrogen) atoms. The Balaban J connectivity index is 1.48.